The van der Waals surface area contributed by atoms with E-state index in [2.05, 4.69) is 4.99 Å². The molecule has 5 rings (SSSR count). The summed E-state index contributed by atoms with van der Waals surface area (Å²) in [5, 5.41) is 0. The zero-order chi connectivity index (χ0) is 24.6. The van der Waals surface area contributed by atoms with Gasteiger partial charge in [-0.1, -0.05) is 42.5 Å². The van der Waals surface area contributed by atoms with E-state index in [1.165, 1.54) is 6.07 Å². The number of carbonyl (C=O) groups is 1. The average molecular weight is 480 g/mol. The maximum Gasteiger partial charge on any atom is 0.416 e. The second kappa shape index (κ2) is 9.09. The summed E-state index contributed by atoms with van der Waals surface area (Å²) >= 11 is 0. The molecule has 0 unspecified atom stereocenters. The monoisotopic (exact) mass is 479 g/mol. The van der Waals surface area contributed by atoms with Gasteiger partial charge in [-0.2, -0.15) is 13.2 Å². The number of benzene rings is 3. The minimum atomic E-state index is -4.48. The number of piperazine rings is 1. The predicted octanol–water partition coefficient (Wildman–Crippen LogP) is 5.66. The van der Waals surface area contributed by atoms with Crippen molar-refractivity contribution < 1.29 is 22.7 Å². The highest BCUT2D eigenvalue weighted by Gasteiger charge is 2.34. The van der Waals surface area contributed by atoms with Crippen LogP contribution in [0.2, 0.25) is 0 Å². The second-order valence-electron chi connectivity index (χ2n) is 8.76. The third-order valence-corrected chi connectivity index (χ3v) is 6.31. The van der Waals surface area contributed by atoms with Crippen molar-refractivity contribution in [2.45, 2.75) is 25.6 Å². The van der Waals surface area contributed by atoms with E-state index >= 15 is 0 Å². The van der Waals surface area contributed by atoms with E-state index in [1.54, 1.807) is 6.07 Å². The van der Waals surface area contributed by atoms with Crippen LogP contribution >= 0.6 is 0 Å². The Kier molecular flexibility index (Phi) is 5.96. The first-order chi connectivity index (χ1) is 16.8. The minimum absolute atomic E-state index is 0.0510. The smallest absolute Gasteiger partial charge is 0.416 e. The highest BCUT2D eigenvalue weighted by atomic mass is 19.4. The Balaban J connectivity index is 1.43. The number of aliphatic imine (C=N–C) groups is 1. The number of rotatable bonds is 2. The van der Waals surface area contributed by atoms with Gasteiger partial charge in [-0.3, -0.25) is 4.79 Å². The Labute approximate surface area is 201 Å². The van der Waals surface area contributed by atoms with Crippen LogP contribution in [0.25, 0.3) is 0 Å². The van der Waals surface area contributed by atoms with Gasteiger partial charge in [0.25, 0.3) is 0 Å². The van der Waals surface area contributed by atoms with Gasteiger partial charge >= 0.3 is 6.18 Å². The van der Waals surface area contributed by atoms with E-state index in [1.807, 2.05) is 65.3 Å². The quantitative estimate of drug-likeness (QED) is 0.476. The number of hydrogen-bond acceptors (Lipinski definition) is 4. The summed E-state index contributed by atoms with van der Waals surface area (Å²) in [6.45, 7) is 3.48. The maximum atomic E-state index is 13.4. The molecule has 1 amide bonds. The summed E-state index contributed by atoms with van der Waals surface area (Å²) in [6, 6.07) is 20.1. The first kappa shape index (κ1) is 23.0. The third-order valence-electron chi connectivity index (χ3n) is 6.31. The molecule has 0 aliphatic carbocycles. The first-order valence-corrected chi connectivity index (χ1v) is 11.4. The molecule has 0 N–H and O–H groups in total. The van der Waals surface area contributed by atoms with Gasteiger partial charge < -0.3 is 14.5 Å². The molecule has 2 aliphatic rings. The van der Waals surface area contributed by atoms with Crippen LogP contribution in [0.5, 0.6) is 11.5 Å². The van der Waals surface area contributed by atoms with Crippen molar-refractivity contribution in [3.63, 3.8) is 0 Å². The van der Waals surface area contributed by atoms with E-state index < -0.39 is 11.7 Å². The van der Waals surface area contributed by atoms with Crippen molar-refractivity contribution >= 4 is 17.4 Å². The summed E-state index contributed by atoms with van der Waals surface area (Å²) in [6.07, 6.45) is -4.15. The molecule has 3 aromatic carbocycles. The number of alkyl halides is 3. The molecule has 3 aromatic rings. The normalized spacial score (nSPS) is 17.6. The van der Waals surface area contributed by atoms with Crippen LogP contribution < -0.4 is 4.74 Å². The van der Waals surface area contributed by atoms with Gasteiger partial charge in [-0.25, -0.2) is 4.99 Å². The summed E-state index contributed by atoms with van der Waals surface area (Å²) in [7, 11) is 0. The SMILES string of the molecule is C[C@H]1CN(C2=Nc3cc(C(F)(F)F)ccc3Oc3ccccc32)CCN1C(=O)Cc1ccccc1. The number of carbonyl (C=O) groups excluding carboxylic acids is 1. The van der Waals surface area contributed by atoms with Crippen LogP contribution in [0.4, 0.5) is 18.9 Å². The number of halogens is 3. The molecule has 2 aliphatic heterocycles. The number of para-hydroxylation sites is 1. The molecule has 0 bridgehead atoms. The lowest BCUT2D eigenvalue weighted by molar-refractivity contribution is -0.137. The van der Waals surface area contributed by atoms with Crippen LogP contribution in [-0.4, -0.2) is 47.2 Å². The number of fused-ring (bicyclic) bond motifs is 2. The summed E-state index contributed by atoms with van der Waals surface area (Å²) < 4.78 is 46.1. The van der Waals surface area contributed by atoms with E-state index in [9.17, 15) is 18.0 Å². The molecule has 1 saturated heterocycles. The number of amidine groups is 1. The van der Waals surface area contributed by atoms with E-state index in [4.69, 9.17) is 4.74 Å². The summed E-state index contributed by atoms with van der Waals surface area (Å²) in [4.78, 5) is 21.5. The molecule has 35 heavy (non-hydrogen) atoms. The Morgan fingerprint density at radius 2 is 1.74 bits per heavy atom. The Morgan fingerprint density at radius 3 is 2.49 bits per heavy atom. The zero-order valence-electron chi connectivity index (χ0n) is 19.1. The molecule has 0 radical (unpaired) electrons. The fourth-order valence-electron chi connectivity index (χ4n) is 4.53. The number of ether oxygens (including phenoxy) is 1. The molecule has 5 nitrogen and oxygen atoms in total. The molecular formula is C27H24F3N3O2. The molecule has 0 saturated carbocycles. The molecule has 8 heteroatoms. The van der Waals surface area contributed by atoms with Crippen LogP contribution in [0.3, 0.4) is 0 Å². The van der Waals surface area contributed by atoms with Crippen molar-refractivity contribution in [1.29, 1.82) is 0 Å². The molecule has 180 valence electrons. The topological polar surface area (TPSA) is 45.1 Å². The molecule has 0 spiro atoms. The minimum Gasteiger partial charge on any atom is -0.454 e. The lowest BCUT2D eigenvalue weighted by atomic mass is 10.1. The molecule has 1 atom stereocenters. The third kappa shape index (κ3) is 4.73. The van der Waals surface area contributed by atoms with Gasteiger partial charge in [0.05, 0.1) is 17.5 Å². The summed E-state index contributed by atoms with van der Waals surface area (Å²) in [5.41, 5.74) is 1.01. The largest absolute Gasteiger partial charge is 0.454 e. The van der Waals surface area contributed by atoms with Crippen LogP contribution in [0, 0.1) is 0 Å². The van der Waals surface area contributed by atoms with Crippen LogP contribution in [0.1, 0.15) is 23.6 Å². The fourth-order valence-corrected chi connectivity index (χ4v) is 4.53. The fraction of sp³-hybridized carbons (Fsp3) is 0.259. The number of nitrogens with zero attached hydrogens (tertiary/aromatic N) is 3. The number of hydrogen-bond donors (Lipinski definition) is 0. The Morgan fingerprint density at radius 1 is 1.00 bits per heavy atom. The van der Waals surface area contributed by atoms with E-state index in [-0.39, 0.29) is 23.4 Å². The Bertz CT molecular complexity index is 1270. The van der Waals surface area contributed by atoms with Gasteiger partial charge in [0.15, 0.2) is 5.75 Å². The van der Waals surface area contributed by atoms with Crippen LogP contribution in [0.15, 0.2) is 77.8 Å². The number of amides is 1. The standard InChI is InChI=1S/C27H24F3N3O2/c1-18-17-32(13-14-33(18)25(34)15-19-7-3-2-4-8-19)26-21-9-5-6-10-23(21)35-24-12-11-20(27(28,29)30)16-22(24)31-26/h2-12,16,18H,13-15,17H2,1H3/t18-/m0/s1. The highest BCUT2D eigenvalue weighted by Crippen LogP contribution is 2.41. The van der Waals surface area contributed by atoms with Crippen molar-refractivity contribution in [3.8, 4) is 11.5 Å². The van der Waals surface area contributed by atoms with Gasteiger partial charge in [-0.05, 0) is 42.8 Å². The van der Waals surface area contributed by atoms with Crippen molar-refractivity contribution in [3.05, 3.63) is 89.5 Å². The first-order valence-electron chi connectivity index (χ1n) is 11.4. The zero-order valence-corrected chi connectivity index (χ0v) is 19.1. The lowest BCUT2D eigenvalue weighted by Crippen LogP contribution is -2.55. The van der Waals surface area contributed by atoms with Gasteiger partial charge in [-0.15, -0.1) is 0 Å². The van der Waals surface area contributed by atoms with E-state index in [0.29, 0.717) is 43.2 Å². The molecule has 0 aromatic heterocycles. The summed E-state index contributed by atoms with van der Waals surface area (Å²) in [5.74, 6) is 1.39. The second-order valence-corrected chi connectivity index (χ2v) is 8.76. The molecule has 2 heterocycles. The predicted molar refractivity (Wildman–Crippen MR) is 127 cm³/mol. The highest BCUT2D eigenvalue weighted by molar-refractivity contribution is 6.04. The van der Waals surface area contributed by atoms with Crippen molar-refractivity contribution in [1.82, 2.24) is 9.80 Å². The van der Waals surface area contributed by atoms with Crippen molar-refractivity contribution in [2.24, 2.45) is 4.99 Å². The molecular weight excluding hydrogens is 455 g/mol. The average Bonchev–Trinajstić information content (AvgIpc) is 3.00. The van der Waals surface area contributed by atoms with Crippen LogP contribution in [-0.2, 0) is 17.4 Å². The van der Waals surface area contributed by atoms with E-state index in [0.717, 1.165) is 17.7 Å². The van der Waals surface area contributed by atoms with Crippen molar-refractivity contribution in [2.75, 3.05) is 19.6 Å². The lowest BCUT2D eigenvalue weighted by Gasteiger charge is -2.41. The van der Waals surface area contributed by atoms with Gasteiger partial charge in [0.1, 0.15) is 17.3 Å². The Hall–Kier alpha value is -3.81. The maximum absolute atomic E-state index is 13.4. The molecule has 1 fully saturated rings. The van der Waals surface area contributed by atoms with Gasteiger partial charge in [0.2, 0.25) is 5.91 Å². The van der Waals surface area contributed by atoms with Gasteiger partial charge in [0, 0.05) is 25.7 Å².